The van der Waals surface area contributed by atoms with Crippen molar-refractivity contribution in [3.63, 3.8) is 0 Å². The van der Waals surface area contributed by atoms with Crippen molar-refractivity contribution >= 4 is 29.2 Å². The Bertz CT molecular complexity index is 999. The topological polar surface area (TPSA) is 101 Å². The number of Topliss-reactive ketones (excluding diaryl/α,β-unsaturated/α-hetero) is 1. The van der Waals surface area contributed by atoms with E-state index in [-0.39, 0.29) is 22.9 Å². The first-order chi connectivity index (χ1) is 13.8. The molecule has 0 amide bonds. The van der Waals surface area contributed by atoms with Gasteiger partial charge in [-0.2, -0.15) is 0 Å². The highest BCUT2D eigenvalue weighted by atomic mass is 32.2. The first kappa shape index (κ1) is 19.8. The number of carbonyl (C=O) groups excluding carboxylic acids is 1. The van der Waals surface area contributed by atoms with Crippen LogP contribution in [-0.2, 0) is 4.79 Å². The molecule has 1 aromatic heterocycles. The minimum atomic E-state index is -0.337. The molecule has 0 unspecified atom stereocenters. The number of nitrogens with zero attached hydrogens (tertiary/aromatic N) is 2. The van der Waals surface area contributed by atoms with Crippen molar-refractivity contribution in [2.45, 2.75) is 51.1 Å². The van der Waals surface area contributed by atoms with Crippen molar-refractivity contribution in [2.24, 2.45) is 5.41 Å². The van der Waals surface area contributed by atoms with E-state index in [1.54, 1.807) is 23.9 Å². The number of hydrogen-bond acceptors (Lipinski definition) is 7. The number of nitrogens with two attached hydrogens (primary N) is 1. The van der Waals surface area contributed by atoms with E-state index in [1.807, 2.05) is 12.1 Å². The van der Waals surface area contributed by atoms with Gasteiger partial charge in [0.2, 0.25) is 0 Å². The number of anilines is 2. The third-order valence-corrected chi connectivity index (χ3v) is 6.44. The fourth-order valence-electron chi connectivity index (χ4n) is 4.17. The molecule has 1 aliphatic carbocycles. The number of nitrogens with one attached hydrogen (secondary N) is 1. The molecule has 0 saturated heterocycles. The lowest BCUT2D eigenvalue weighted by Crippen LogP contribution is -2.34. The largest absolute Gasteiger partial charge is 0.508 e. The van der Waals surface area contributed by atoms with Crippen molar-refractivity contribution in [3.8, 4) is 5.75 Å². The normalized spacial score (nSPS) is 20.1. The number of benzene rings is 1. The van der Waals surface area contributed by atoms with Gasteiger partial charge in [0.05, 0.1) is 0 Å². The third-order valence-electron chi connectivity index (χ3n) is 5.38. The lowest BCUT2D eigenvalue weighted by Gasteiger charge is -2.39. The molecule has 2 heterocycles. The summed E-state index contributed by atoms with van der Waals surface area (Å²) in [5.74, 6) is 1.96. The van der Waals surface area contributed by atoms with Crippen molar-refractivity contribution < 1.29 is 9.90 Å². The SMILES string of the molecule is CCCSc1nc(N)c2c(n1)NC1=C(C(=O)CC(C)(C)C1)[C@@H]2c1ccc(O)cc1. The summed E-state index contributed by atoms with van der Waals surface area (Å²) in [7, 11) is 0. The Morgan fingerprint density at radius 3 is 2.66 bits per heavy atom. The number of ketones is 1. The molecule has 0 spiro atoms. The molecule has 1 aliphatic heterocycles. The Morgan fingerprint density at radius 2 is 1.97 bits per heavy atom. The summed E-state index contributed by atoms with van der Waals surface area (Å²) in [5.41, 5.74) is 9.59. The zero-order valence-corrected chi connectivity index (χ0v) is 17.8. The summed E-state index contributed by atoms with van der Waals surface area (Å²) in [5, 5.41) is 13.8. The summed E-state index contributed by atoms with van der Waals surface area (Å²) in [4.78, 5) is 22.4. The molecule has 2 aliphatic rings. The Morgan fingerprint density at radius 1 is 1.24 bits per heavy atom. The second-order valence-electron chi connectivity index (χ2n) is 8.48. The summed E-state index contributed by atoms with van der Waals surface area (Å²) in [6, 6.07) is 6.95. The Balaban J connectivity index is 1.89. The summed E-state index contributed by atoms with van der Waals surface area (Å²) >= 11 is 1.58. The quantitative estimate of drug-likeness (QED) is 0.505. The van der Waals surface area contributed by atoms with E-state index in [0.717, 1.165) is 41.0 Å². The molecule has 0 bridgehead atoms. The maximum Gasteiger partial charge on any atom is 0.191 e. The Kier molecular flexibility index (Phi) is 5.02. The molecular formula is C22H26N4O2S. The first-order valence-corrected chi connectivity index (χ1v) is 10.9. The van der Waals surface area contributed by atoms with Crippen LogP contribution in [0.3, 0.4) is 0 Å². The third kappa shape index (κ3) is 3.71. The van der Waals surface area contributed by atoms with E-state index < -0.39 is 0 Å². The number of rotatable bonds is 4. The summed E-state index contributed by atoms with van der Waals surface area (Å²) in [6.07, 6.45) is 2.28. The van der Waals surface area contributed by atoms with Gasteiger partial charge in [-0.25, -0.2) is 9.97 Å². The minimum Gasteiger partial charge on any atom is -0.508 e. The van der Waals surface area contributed by atoms with Gasteiger partial charge in [0.15, 0.2) is 10.9 Å². The van der Waals surface area contributed by atoms with Crippen LogP contribution >= 0.6 is 11.8 Å². The Labute approximate surface area is 175 Å². The van der Waals surface area contributed by atoms with Crippen LogP contribution in [0.25, 0.3) is 0 Å². The van der Waals surface area contributed by atoms with Crippen LogP contribution in [0.15, 0.2) is 40.7 Å². The Hall–Kier alpha value is -2.54. The number of aromatic nitrogens is 2. The number of carbonyl (C=O) groups is 1. The molecule has 1 aromatic carbocycles. The molecule has 7 heteroatoms. The molecule has 4 N–H and O–H groups in total. The highest BCUT2D eigenvalue weighted by molar-refractivity contribution is 7.99. The average molecular weight is 411 g/mol. The zero-order valence-electron chi connectivity index (χ0n) is 17.0. The van der Waals surface area contributed by atoms with Crippen LogP contribution < -0.4 is 11.1 Å². The lowest BCUT2D eigenvalue weighted by atomic mass is 9.69. The van der Waals surface area contributed by atoms with Crippen LogP contribution in [0, 0.1) is 5.41 Å². The number of thioether (sulfide) groups is 1. The van der Waals surface area contributed by atoms with Gasteiger partial charge in [-0.15, -0.1) is 0 Å². The molecule has 1 atom stereocenters. The van der Waals surface area contributed by atoms with Crippen LogP contribution in [0.2, 0.25) is 0 Å². The van der Waals surface area contributed by atoms with Gasteiger partial charge >= 0.3 is 0 Å². The number of hydrogen-bond donors (Lipinski definition) is 3. The standard InChI is InChI=1S/C22H26N4O2S/c1-4-9-29-21-25-19(23)18-16(12-5-7-13(27)8-6-12)17-14(24-20(18)26-21)10-22(2,3)11-15(17)28/h5-8,16,27H,4,9-11H2,1-3H3,(H3,23,24,25,26)/t16-/m0/s1. The van der Waals surface area contributed by atoms with Gasteiger partial charge in [0.1, 0.15) is 17.4 Å². The molecule has 6 nitrogen and oxygen atoms in total. The summed E-state index contributed by atoms with van der Waals surface area (Å²) < 4.78 is 0. The van der Waals surface area contributed by atoms with Gasteiger partial charge in [-0.1, -0.05) is 44.7 Å². The molecule has 0 saturated carbocycles. The molecule has 0 fully saturated rings. The fourth-order valence-corrected chi connectivity index (χ4v) is 4.88. The van der Waals surface area contributed by atoms with Gasteiger partial charge in [-0.05, 0) is 36.0 Å². The second kappa shape index (κ2) is 7.37. The van der Waals surface area contributed by atoms with Crippen LogP contribution in [0.5, 0.6) is 5.75 Å². The lowest BCUT2D eigenvalue weighted by molar-refractivity contribution is -0.118. The molecule has 0 radical (unpaired) electrons. The molecule has 29 heavy (non-hydrogen) atoms. The van der Waals surface area contributed by atoms with Gasteiger partial charge < -0.3 is 16.2 Å². The number of fused-ring (bicyclic) bond motifs is 1. The molecular weight excluding hydrogens is 384 g/mol. The number of phenolic OH excluding ortho intramolecular Hbond substituents is 1. The highest BCUT2D eigenvalue weighted by Crippen LogP contribution is 2.50. The predicted molar refractivity (Wildman–Crippen MR) is 116 cm³/mol. The van der Waals surface area contributed by atoms with E-state index in [2.05, 4.69) is 31.1 Å². The van der Waals surface area contributed by atoms with Crippen molar-refractivity contribution in [3.05, 3.63) is 46.7 Å². The van der Waals surface area contributed by atoms with Crippen molar-refractivity contribution in [1.29, 1.82) is 0 Å². The number of nitrogen functional groups attached to an aromatic ring is 1. The first-order valence-electron chi connectivity index (χ1n) is 9.91. The number of phenols is 1. The molecule has 2 aromatic rings. The molecule has 4 rings (SSSR count). The maximum atomic E-state index is 13.2. The predicted octanol–water partition coefficient (Wildman–Crippen LogP) is 4.47. The van der Waals surface area contributed by atoms with Gasteiger partial charge in [-0.3, -0.25) is 4.79 Å². The highest BCUT2D eigenvalue weighted by Gasteiger charge is 2.42. The fraction of sp³-hybridized carbons (Fsp3) is 0.409. The van der Waals surface area contributed by atoms with Gasteiger partial charge in [0.25, 0.3) is 0 Å². The average Bonchev–Trinajstić information content (AvgIpc) is 2.64. The van der Waals surface area contributed by atoms with Gasteiger partial charge in [0, 0.05) is 34.9 Å². The van der Waals surface area contributed by atoms with Crippen molar-refractivity contribution in [1.82, 2.24) is 9.97 Å². The van der Waals surface area contributed by atoms with E-state index in [1.165, 1.54) is 0 Å². The minimum absolute atomic E-state index is 0.113. The summed E-state index contributed by atoms with van der Waals surface area (Å²) in [6.45, 7) is 6.33. The smallest absolute Gasteiger partial charge is 0.191 e. The van der Waals surface area contributed by atoms with E-state index >= 15 is 0 Å². The van der Waals surface area contributed by atoms with Crippen molar-refractivity contribution in [2.75, 3.05) is 16.8 Å². The van der Waals surface area contributed by atoms with Crippen LogP contribution in [0.4, 0.5) is 11.6 Å². The number of aromatic hydroxyl groups is 1. The zero-order chi connectivity index (χ0) is 20.8. The second-order valence-corrected chi connectivity index (χ2v) is 9.55. The van der Waals surface area contributed by atoms with E-state index in [0.29, 0.717) is 23.2 Å². The molecule has 152 valence electrons. The maximum absolute atomic E-state index is 13.2. The monoisotopic (exact) mass is 410 g/mol. The van der Waals surface area contributed by atoms with Crippen LogP contribution in [-0.4, -0.2) is 26.6 Å². The van der Waals surface area contributed by atoms with E-state index in [9.17, 15) is 9.90 Å². The van der Waals surface area contributed by atoms with E-state index in [4.69, 9.17) is 10.7 Å². The van der Waals surface area contributed by atoms with Crippen LogP contribution in [0.1, 0.15) is 57.1 Å². The number of allylic oxidation sites excluding steroid dienone is 2.